The fraction of sp³-hybridized carbons (Fsp3) is 0.238. The number of aryl methyl sites for hydroxylation is 2. The van der Waals surface area contributed by atoms with Gasteiger partial charge in [0.15, 0.2) is 0 Å². The summed E-state index contributed by atoms with van der Waals surface area (Å²) in [6, 6.07) is 18.2. The van der Waals surface area contributed by atoms with E-state index in [1.165, 1.54) is 5.56 Å². The number of hydrogen-bond donors (Lipinski definition) is 2. The second-order valence-electron chi connectivity index (χ2n) is 6.73. The Labute approximate surface area is 147 Å². The van der Waals surface area contributed by atoms with Gasteiger partial charge in [-0.1, -0.05) is 48.5 Å². The number of anilines is 1. The molecule has 1 aromatic heterocycles. The predicted octanol–water partition coefficient (Wildman–Crippen LogP) is 3.78. The van der Waals surface area contributed by atoms with Crippen LogP contribution in [0.2, 0.25) is 0 Å². The highest BCUT2D eigenvalue weighted by atomic mass is 16.2. The number of carbonyl (C=O) groups excluding carboxylic acids is 1. The number of carbonyl (C=O) groups is 1. The molecule has 0 bridgehead atoms. The van der Waals surface area contributed by atoms with E-state index >= 15 is 0 Å². The van der Waals surface area contributed by atoms with Gasteiger partial charge in [0.1, 0.15) is 5.82 Å². The number of rotatable bonds is 4. The third kappa shape index (κ3) is 2.84. The van der Waals surface area contributed by atoms with Crippen LogP contribution in [0.5, 0.6) is 0 Å². The summed E-state index contributed by atoms with van der Waals surface area (Å²) in [5.74, 6) is 0.982. The van der Waals surface area contributed by atoms with Crippen LogP contribution in [0.15, 0.2) is 60.8 Å². The third-order valence-electron chi connectivity index (χ3n) is 5.10. The lowest BCUT2D eigenvalue weighted by Gasteiger charge is -2.37. The number of fused-ring (bicyclic) bond motifs is 1. The topological polar surface area (TPSA) is 57.8 Å². The number of amides is 1. The van der Waals surface area contributed by atoms with Crippen LogP contribution in [-0.4, -0.2) is 15.9 Å². The molecule has 4 heteroatoms. The molecule has 0 aliphatic carbocycles. The van der Waals surface area contributed by atoms with E-state index in [0.717, 1.165) is 35.6 Å². The summed E-state index contributed by atoms with van der Waals surface area (Å²) in [6.07, 6.45) is 4.10. The van der Waals surface area contributed by atoms with Crippen molar-refractivity contribution in [1.82, 2.24) is 9.97 Å². The third-order valence-corrected chi connectivity index (χ3v) is 5.10. The van der Waals surface area contributed by atoms with E-state index in [1.807, 2.05) is 49.5 Å². The molecule has 0 radical (unpaired) electrons. The molecule has 1 aliphatic heterocycles. The lowest BCUT2D eigenvalue weighted by Crippen LogP contribution is -2.46. The Hall–Kier alpha value is -2.88. The van der Waals surface area contributed by atoms with Crippen molar-refractivity contribution in [2.45, 2.75) is 31.6 Å². The van der Waals surface area contributed by atoms with E-state index in [4.69, 9.17) is 0 Å². The number of nitrogens with one attached hydrogen (secondary N) is 2. The maximum atomic E-state index is 13.2. The average Bonchev–Trinajstić information content (AvgIpc) is 3.06. The van der Waals surface area contributed by atoms with Crippen molar-refractivity contribution in [3.63, 3.8) is 0 Å². The molecule has 25 heavy (non-hydrogen) atoms. The number of aromatic amines is 1. The Bertz CT molecular complexity index is 900. The largest absolute Gasteiger partial charge is 0.346 e. The molecular weight excluding hydrogens is 310 g/mol. The van der Waals surface area contributed by atoms with Crippen molar-refractivity contribution >= 4 is 11.6 Å². The van der Waals surface area contributed by atoms with Gasteiger partial charge in [-0.25, -0.2) is 4.98 Å². The molecule has 1 aliphatic rings. The van der Waals surface area contributed by atoms with Crippen LogP contribution in [0, 0.1) is 6.92 Å². The van der Waals surface area contributed by atoms with E-state index < -0.39 is 5.41 Å². The molecule has 0 saturated heterocycles. The van der Waals surface area contributed by atoms with E-state index in [-0.39, 0.29) is 5.91 Å². The van der Waals surface area contributed by atoms with Crippen LogP contribution in [0.3, 0.4) is 0 Å². The van der Waals surface area contributed by atoms with Gasteiger partial charge in [-0.3, -0.25) is 4.79 Å². The Morgan fingerprint density at radius 3 is 2.60 bits per heavy atom. The lowest BCUT2D eigenvalue weighted by atomic mass is 9.69. The molecular formula is C21H21N3O. The Kier molecular flexibility index (Phi) is 3.88. The number of imidazole rings is 1. The molecule has 1 unspecified atom stereocenters. The van der Waals surface area contributed by atoms with Crippen LogP contribution in [0.25, 0.3) is 0 Å². The first-order valence-corrected chi connectivity index (χ1v) is 8.63. The van der Waals surface area contributed by atoms with E-state index in [9.17, 15) is 4.79 Å². The van der Waals surface area contributed by atoms with Gasteiger partial charge >= 0.3 is 0 Å². The van der Waals surface area contributed by atoms with Gasteiger partial charge in [0.05, 0.1) is 5.41 Å². The Morgan fingerprint density at radius 1 is 1.08 bits per heavy atom. The summed E-state index contributed by atoms with van der Waals surface area (Å²) < 4.78 is 0. The number of H-pyrrole nitrogens is 1. The molecule has 4 rings (SSSR count). The van der Waals surface area contributed by atoms with Crippen LogP contribution >= 0.6 is 0 Å². The van der Waals surface area contributed by atoms with Gasteiger partial charge in [0.2, 0.25) is 5.91 Å². The summed E-state index contributed by atoms with van der Waals surface area (Å²) in [6.45, 7) is 1.94. The summed E-state index contributed by atoms with van der Waals surface area (Å²) in [5, 5.41) is 3.13. The highest BCUT2D eigenvalue weighted by Gasteiger charge is 2.43. The molecule has 1 amide bonds. The highest BCUT2D eigenvalue weighted by Crippen LogP contribution is 2.40. The quantitative estimate of drug-likeness (QED) is 0.764. The van der Waals surface area contributed by atoms with Crippen molar-refractivity contribution in [1.29, 1.82) is 0 Å². The number of benzene rings is 2. The normalized spacial score (nSPS) is 19.3. The molecule has 2 heterocycles. The van der Waals surface area contributed by atoms with Gasteiger partial charge in [0, 0.05) is 17.6 Å². The maximum absolute atomic E-state index is 13.2. The molecule has 2 N–H and O–H groups in total. The number of aromatic nitrogens is 2. The molecule has 2 aromatic carbocycles. The lowest BCUT2D eigenvalue weighted by molar-refractivity contribution is -0.122. The summed E-state index contributed by atoms with van der Waals surface area (Å²) >= 11 is 0. The Balaban J connectivity index is 1.73. The van der Waals surface area contributed by atoms with E-state index in [2.05, 4.69) is 33.5 Å². The minimum atomic E-state index is -0.561. The van der Waals surface area contributed by atoms with Crippen LogP contribution in [-0.2, 0) is 23.1 Å². The first kappa shape index (κ1) is 15.6. The SMILES string of the molecule is Cc1ncc(CCC2(c3ccccc3)Cc3ccccc3NC2=O)[nH]1. The van der Waals surface area contributed by atoms with Gasteiger partial charge in [-0.2, -0.15) is 0 Å². The second-order valence-corrected chi connectivity index (χ2v) is 6.73. The van der Waals surface area contributed by atoms with Crippen molar-refractivity contribution in [2.75, 3.05) is 5.32 Å². The van der Waals surface area contributed by atoms with Crippen LogP contribution in [0.4, 0.5) is 5.69 Å². The second kappa shape index (κ2) is 6.20. The highest BCUT2D eigenvalue weighted by molar-refractivity contribution is 6.02. The first-order valence-electron chi connectivity index (χ1n) is 8.63. The molecule has 0 saturated carbocycles. The summed E-state index contributed by atoms with van der Waals surface area (Å²) in [5.41, 5.74) is 3.69. The fourth-order valence-electron chi connectivity index (χ4n) is 3.73. The zero-order chi connectivity index (χ0) is 17.3. The summed E-state index contributed by atoms with van der Waals surface area (Å²) in [4.78, 5) is 20.7. The van der Waals surface area contributed by atoms with Gasteiger partial charge in [-0.05, 0) is 43.4 Å². The standard InChI is InChI=1S/C21H21N3O/c1-15-22-14-18(23-15)11-12-21(17-8-3-2-4-9-17)13-16-7-5-6-10-19(16)24-20(21)25/h2-10,14H,11-13H2,1H3,(H,22,23)(H,24,25). The number of hydrogen-bond acceptors (Lipinski definition) is 2. The number of para-hydroxylation sites is 1. The Morgan fingerprint density at radius 2 is 1.84 bits per heavy atom. The zero-order valence-electron chi connectivity index (χ0n) is 14.3. The maximum Gasteiger partial charge on any atom is 0.235 e. The fourth-order valence-corrected chi connectivity index (χ4v) is 3.73. The smallest absolute Gasteiger partial charge is 0.235 e. The van der Waals surface area contributed by atoms with Crippen molar-refractivity contribution in [2.24, 2.45) is 0 Å². The zero-order valence-corrected chi connectivity index (χ0v) is 14.3. The summed E-state index contributed by atoms with van der Waals surface area (Å²) in [7, 11) is 0. The van der Waals surface area contributed by atoms with Crippen molar-refractivity contribution in [3.8, 4) is 0 Å². The van der Waals surface area contributed by atoms with Gasteiger partial charge in [0.25, 0.3) is 0 Å². The van der Waals surface area contributed by atoms with Gasteiger partial charge < -0.3 is 10.3 Å². The average molecular weight is 331 g/mol. The molecule has 1 atom stereocenters. The van der Waals surface area contributed by atoms with Crippen molar-refractivity contribution in [3.05, 3.63) is 83.4 Å². The van der Waals surface area contributed by atoms with Crippen molar-refractivity contribution < 1.29 is 4.79 Å². The minimum Gasteiger partial charge on any atom is -0.346 e. The monoisotopic (exact) mass is 331 g/mol. The molecule has 3 aromatic rings. The van der Waals surface area contributed by atoms with E-state index in [1.54, 1.807) is 0 Å². The van der Waals surface area contributed by atoms with Crippen LogP contribution in [0.1, 0.15) is 29.1 Å². The first-order chi connectivity index (χ1) is 12.2. The predicted molar refractivity (Wildman–Crippen MR) is 98.5 cm³/mol. The number of nitrogens with zero attached hydrogens (tertiary/aromatic N) is 1. The molecule has 4 nitrogen and oxygen atoms in total. The molecule has 0 fully saturated rings. The molecule has 0 spiro atoms. The van der Waals surface area contributed by atoms with E-state index in [0.29, 0.717) is 6.42 Å². The van der Waals surface area contributed by atoms with Gasteiger partial charge in [-0.15, -0.1) is 0 Å². The molecule has 126 valence electrons. The van der Waals surface area contributed by atoms with Crippen LogP contribution < -0.4 is 5.32 Å². The minimum absolute atomic E-state index is 0.0774.